The van der Waals surface area contributed by atoms with Crippen molar-refractivity contribution < 1.29 is 48.0 Å². The molecule has 5 aliphatic heterocycles. The molecule has 4 saturated heterocycles. The molecule has 1 amide bonds. The van der Waals surface area contributed by atoms with Crippen molar-refractivity contribution in [3.05, 3.63) is 42.4 Å². The number of aliphatic imine (C=N–C) groups is 1. The second kappa shape index (κ2) is 18.9. The molecule has 0 radical (unpaired) electrons. The Morgan fingerprint density at radius 3 is 2.52 bits per heavy atom. The maximum atomic E-state index is 14.6. The Balaban J connectivity index is 1.28. The van der Waals surface area contributed by atoms with Gasteiger partial charge in [0.15, 0.2) is 24.3 Å². The van der Waals surface area contributed by atoms with E-state index in [-0.39, 0.29) is 43.8 Å². The number of likely N-dealkylation sites (N-methyl/N-ethyl adjacent to an activating group) is 1. The van der Waals surface area contributed by atoms with Crippen LogP contribution in [0.2, 0.25) is 0 Å². The first-order valence-corrected chi connectivity index (χ1v) is 22.1. The standard InChI is InChI=1S/C45H65N7O10/c1-11-34-45(8)38-27(4)35(46-18-19-52(38)43(55)62-45)25(2)21-44(7)39(61-42-36(53)33(51(9)10)20-26(3)59-42)28(5)37(29(6)41(54)60-34)56-22-31(23-57-44)50-58-24-30-14-12-15-32(49-30)40-47-16-13-17-48-40/h12-17,25-29,33-34,36-39,42,53H,11,18-24H2,1-10H3/b50-31+/t25-,26+,27+,28+,29-,33-,34-,36+,37+,38-,39-,42-,44-,45-/m1/s1. The molecule has 4 bridgehead atoms. The Hall–Kier alpha value is -4.13. The van der Waals surface area contributed by atoms with Crippen LogP contribution in [-0.2, 0) is 44.7 Å². The van der Waals surface area contributed by atoms with E-state index in [1.165, 1.54) is 0 Å². The molecular formula is C45H65N7O10. The van der Waals surface area contributed by atoms with Gasteiger partial charge in [0.05, 0.1) is 61.3 Å². The summed E-state index contributed by atoms with van der Waals surface area (Å²) < 4.78 is 39.9. The van der Waals surface area contributed by atoms with Crippen LogP contribution in [0, 0.1) is 23.7 Å². The first kappa shape index (κ1) is 45.9. The molecular weight excluding hydrogens is 799 g/mol. The molecule has 7 heterocycles. The zero-order chi connectivity index (χ0) is 44.5. The Morgan fingerprint density at radius 2 is 1.79 bits per heavy atom. The molecule has 340 valence electrons. The molecule has 62 heavy (non-hydrogen) atoms. The molecule has 14 atom stereocenters. The minimum Gasteiger partial charge on any atom is -0.458 e. The van der Waals surface area contributed by atoms with Gasteiger partial charge in [-0.3, -0.25) is 14.7 Å². The highest BCUT2D eigenvalue weighted by Crippen LogP contribution is 2.45. The number of aliphatic hydroxyl groups is 1. The fourth-order valence-electron chi connectivity index (χ4n) is 10.5. The number of rotatable bonds is 8. The number of amides is 1. The van der Waals surface area contributed by atoms with Crippen LogP contribution in [0.1, 0.15) is 80.3 Å². The van der Waals surface area contributed by atoms with Crippen LogP contribution in [0.4, 0.5) is 4.79 Å². The van der Waals surface area contributed by atoms with Crippen molar-refractivity contribution in [2.75, 3.05) is 40.4 Å². The van der Waals surface area contributed by atoms with Gasteiger partial charge in [0.1, 0.15) is 23.6 Å². The molecule has 0 aliphatic carbocycles. The first-order chi connectivity index (χ1) is 29.5. The Bertz CT molecular complexity index is 1960. The lowest BCUT2D eigenvalue weighted by Crippen LogP contribution is -2.60. The van der Waals surface area contributed by atoms with Crippen molar-refractivity contribution in [1.29, 1.82) is 0 Å². The number of oxime groups is 1. The Morgan fingerprint density at radius 1 is 1.03 bits per heavy atom. The van der Waals surface area contributed by atoms with E-state index in [4.69, 9.17) is 38.3 Å². The zero-order valence-corrected chi connectivity index (χ0v) is 37.8. The van der Waals surface area contributed by atoms with Crippen molar-refractivity contribution in [3.63, 3.8) is 0 Å². The van der Waals surface area contributed by atoms with Gasteiger partial charge < -0.3 is 43.3 Å². The quantitative estimate of drug-likeness (QED) is 0.284. The van der Waals surface area contributed by atoms with Crippen molar-refractivity contribution in [2.24, 2.45) is 33.8 Å². The van der Waals surface area contributed by atoms with Crippen molar-refractivity contribution in [1.82, 2.24) is 24.8 Å². The monoisotopic (exact) mass is 863 g/mol. The number of hydrogen-bond donors (Lipinski definition) is 1. The van der Waals surface area contributed by atoms with Gasteiger partial charge in [0.2, 0.25) is 0 Å². The second-order valence-corrected chi connectivity index (χ2v) is 18.4. The third kappa shape index (κ3) is 9.25. The maximum Gasteiger partial charge on any atom is 0.410 e. The Kier molecular flexibility index (Phi) is 14.0. The molecule has 5 aliphatic rings. The number of nitrogens with zero attached hydrogens (tertiary/aromatic N) is 7. The summed E-state index contributed by atoms with van der Waals surface area (Å²) in [6.07, 6.45) is -0.253. The van der Waals surface area contributed by atoms with Crippen molar-refractivity contribution >= 4 is 23.5 Å². The molecule has 0 spiro atoms. The maximum absolute atomic E-state index is 14.6. The van der Waals surface area contributed by atoms with Gasteiger partial charge in [-0.1, -0.05) is 38.9 Å². The molecule has 4 fully saturated rings. The van der Waals surface area contributed by atoms with E-state index in [0.29, 0.717) is 55.3 Å². The van der Waals surface area contributed by atoms with E-state index in [9.17, 15) is 14.7 Å². The topological polar surface area (TPSA) is 189 Å². The van der Waals surface area contributed by atoms with Crippen molar-refractivity contribution in [2.45, 2.75) is 141 Å². The summed E-state index contributed by atoms with van der Waals surface area (Å²) in [4.78, 5) is 56.3. The van der Waals surface area contributed by atoms with Crippen LogP contribution in [0.25, 0.3) is 11.5 Å². The third-order valence-corrected chi connectivity index (χ3v) is 13.6. The fraction of sp³-hybridized carbons (Fsp3) is 0.711. The van der Waals surface area contributed by atoms with E-state index in [2.05, 4.69) is 34.0 Å². The zero-order valence-electron chi connectivity index (χ0n) is 37.8. The molecule has 0 saturated carbocycles. The number of fused-ring (bicyclic) bond motifs is 4. The van der Waals surface area contributed by atoms with Gasteiger partial charge in [-0.05, 0) is 85.2 Å². The number of ether oxygens (including phenoxy) is 6. The van der Waals surface area contributed by atoms with Crippen LogP contribution in [0.15, 0.2) is 46.8 Å². The highest BCUT2D eigenvalue weighted by molar-refractivity contribution is 5.91. The smallest absolute Gasteiger partial charge is 0.410 e. The highest BCUT2D eigenvalue weighted by atomic mass is 16.7. The summed E-state index contributed by atoms with van der Waals surface area (Å²) in [5.74, 6) is -1.84. The van der Waals surface area contributed by atoms with Gasteiger partial charge in [0, 0.05) is 42.5 Å². The van der Waals surface area contributed by atoms with Crippen LogP contribution >= 0.6 is 0 Å². The van der Waals surface area contributed by atoms with Gasteiger partial charge in [-0.2, -0.15) is 0 Å². The van der Waals surface area contributed by atoms with E-state index < -0.39 is 71.8 Å². The Labute approximate surface area is 364 Å². The normalized spacial score (nSPS) is 38.9. The van der Waals surface area contributed by atoms with E-state index in [0.717, 1.165) is 5.71 Å². The number of cyclic esters (lactones) is 1. The minimum absolute atomic E-state index is 0.00573. The molecule has 17 heteroatoms. The first-order valence-electron chi connectivity index (χ1n) is 22.1. The number of pyridine rings is 1. The molecule has 0 unspecified atom stereocenters. The fourth-order valence-corrected chi connectivity index (χ4v) is 10.5. The summed E-state index contributed by atoms with van der Waals surface area (Å²) in [6.45, 7) is 16.5. The van der Waals surface area contributed by atoms with Gasteiger partial charge in [0.25, 0.3) is 0 Å². The third-order valence-electron chi connectivity index (χ3n) is 13.6. The molecule has 2 aromatic heterocycles. The van der Waals surface area contributed by atoms with Crippen LogP contribution in [0.5, 0.6) is 0 Å². The average molecular weight is 864 g/mol. The number of aliphatic hydroxyl groups excluding tert-OH is 1. The summed E-state index contributed by atoms with van der Waals surface area (Å²) in [7, 11) is 3.87. The molecule has 2 aromatic rings. The van der Waals surface area contributed by atoms with E-state index >= 15 is 0 Å². The number of aromatic nitrogens is 3. The molecule has 1 N–H and O–H groups in total. The highest BCUT2D eigenvalue weighted by Gasteiger charge is 2.60. The van der Waals surface area contributed by atoms with E-state index in [1.807, 2.05) is 71.8 Å². The number of esters is 1. The number of hydrogen-bond acceptors (Lipinski definition) is 16. The summed E-state index contributed by atoms with van der Waals surface area (Å²) in [5, 5.41) is 16.3. The lowest BCUT2D eigenvalue weighted by atomic mass is 9.72. The van der Waals surface area contributed by atoms with E-state index in [1.54, 1.807) is 30.3 Å². The molecule has 17 nitrogen and oxygen atoms in total. The number of carbonyl (C=O) groups is 2. The summed E-state index contributed by atoms with van der Waals surface area (Å²) >= 11 is 0. The SMILES string of the molecule is CC[C@H]1OC(=O)[C@H](C)[C@H]2OC/C(=N\OCc3cccc(-c4ncccn4)n3)CO[C@](C)(C[C@@H](C)C3=NCCN4C(=O)O[C@@]1(C)[C@H]4[C@H]3C)[C@H](O[C@H]1O[C@@H](C)C[C@@H](N(C)C)[C@@H]1O)[C@H]2C. The minimum atomic E-state index is -1.15. The van der Waals surface area contributed by atoms with Crippen LogP contribution in [-0.4, -0.2) is 154 Å². The molecule has 0 aromatic carbocycles. The van der Waals surface area contributed by atoms with Gasteiger partial charge in [-0.25, -0.2) is 19.7 Å². The largest absolute Gasteiger partial charge is 0.458 e. The van der Waals surface area contributed by atoms with Gasteiger partial charge >= 0.3 is 12.1 Å². The lowest BCUT2D eigenvalue weighted by molar-refractivity contribution is -0.302. The van der Waals surface area contributed by atoms with Crippen molar-refractivity contribution in [3.8, 4) is 11.5 Å². The van der Waals surface area contributed by atoms with Gasteiger partial charge in [-0.15, -0.1) is 0 Å². The lowest BCUT2D eigenvalue weighted by Gasteiger charge is -2.48. The average Bonchev–Trinajstić information content (AvgIpc) is 3.39. The summed E-state index contributed by atoms with van der Waals surface area (Å²) in [6, 6.07) is 6.59. The second-order valence-electron chi connectivity index (χ2n) is 18.4. The molecule has 7 rings (SSSR count). The predicted octanol–water partition coefficient (Wildman–Crippen LogP) is 4.70. The number of carbonyl (C=O) groups excluding carboxylic acids is 2. The van der Waals surface area contributed by atoms with Crippen LogP contribution in [0.3, 0.4) is 0 Å². The van der Waals surface area contributed by atoms with Crippen LogP contribution < -0.4 is 0 Å². The summed E-state index contributed by atoms with van der Waals surface area (Å²) in [5.41, 5.74) is 0.304. The predicted molar refractivity (Wildman–Crippen MR) is 228 cm³/mol.